The van der Waals surface area contributed by atoms with Crippen molar-refractivity contribution in [2.75, 3.05) is 32.8 Å². The van der Waals surface area contributed by atoms with Crippen molar-refractivity contribution in [3.05, 3.63) is 83.1 Å². The molecule has 2 aromatic rings. The number of carboxylic acids is 1. The number of benzene rings is 2. The Bertz CT molecular complexity index is 1450. The fourth-order valence-electron chi connectivity index (χ4n) is 5.48. The lowest BCUT2D eigenvalue weighted by molar-refractivity contribution is -0.150. The molecule has 274 valence electrons. The summed E-state index contributed by atoms with van der Waals surface area (Å²) in [4.78, 5) is 51.6. The number of ether oxygens (including phenoxy) is 3. The summed E-state index contributed by atoms with van der Waals surface area (Å²) in [6, 6.07) is 19.5. The van der Waals surface area contributed by atoms with E-state index in [2.05, 4.69) is 10.6 Å². The molecule has 50 heavy (non-hydrogen) atoms. The van der Waals surface area contributed by atoms with E-state index >= 15 is 0 Å². The molecule has 2 aliphatic heterocycles. The molecule has 2 aromatic carbocycles. The van der Waals surface area contributed by atoms with Gasteiger partial charge in [-0.15, -0.1) is 0 Å². The largest absolute Gasteiger partial charge is 0.478 e. The van der Waals surface area contributed by atoms with Crippen LogP contribution in [0.2, 0.25) is 0 Å². The van der Waals surface area contributed by atoms with E-state index in [0.29, 0.717) is 63.4 Å². The predicted octanol–water partition coefficient (Wildman–Crippen LogP) is 5.72. The topological polar surface area (TPSA) is 147 Å². The number of likely N-dealkylation sites (tertiary alicyclic amines) is 1. The number of rotatable bonds is 9. The number of carboxylic acid groups (broad SMARTS) is 1. The molecule has 0 aliphatic carbocycles. The Morgan fingerprint density at radius 3 is 1.86 bits per heavy atom. The SMILES string of the molecule is CC(C)(C)OC(=O)N1CCC(C(=O)O)=C(NCc2ccccc2)C1.CCOC(=O)C1CCN(C(=O)OC(C)(C)C)CC1NCc1ccccc1. The van der Waals surface area contributed by atoms with E-state index < -0.39 is 23.3 Å². The lowest BCUT2D eigenvalue weighted by atomic mass is 9.91. The lowest BCUT2D eigenvalue weighted by Gasteiger charge is -2.38. The number of esters is 1. The minimum absolute atomic E-state index is 0.171. The molecule has 0 bridgehead atoms. The van der Waals surface area contributed by atoms with Gasteiger partial charge in [-0.05, 0) is 72.4 Å². The summed E-state index contributed by atoms with van der Waals surface area (Å²) in [6.45, 7) is 15.7. The molecule has 1 fully saturated rings. The number of carbonyl (C=O) groups is 4. The Morgan fingerprint density at radius 2 is 1.34 bits per heavy atom. The molecule has 2 amide bonds. The van der Waals surface area contributed by atoms with Crippen molar-refractivity contribution < 1.29 is 38.5 Å². The first kappa shape index (κ1) is 39.9. The summed E-state index contributed by atoms with van der Waals surface area (Å²) in [5.74, 6) is -1.42. The fraction of sp³-hybridized carbons (Fsp3) is 0.526. The minimum Gasteiger partial charge on any atom is -0.478 e. The Balaban J connectivity index is 0.000000271. The van der Waals surface area contributed by atoms with Gasteiger partial charge in [0.1, 0.15) is 11.2 Å². The number of hydrogen-bond acceptors (Lipinski definition) is 9. The van der Waals surface area contributed by atoms with Crippen molar-refractivity contribution >= 4 is 24.1 Å². The third-order valence-electron chi connectivity index (χ3n) is 7.87. The van der Waals surface area contributed by atoms with Crippen molar-refractivity contribution in [2.24, 2.45) is 5.92 Å². The summed E-state index contributed by atoms with van der Waals surface area (Å²) in [5, 5.41) is 16.0. The molecule has 12 nitrogen and oxygen atoms in total. The van der Waals surface area contributed by atoms with E-state index in [1.165, 1.54) is 4.90 Å². The number of piperidine rings is 1. The van der Waals surface area contributed by atoms with Gasteiger partial charge in [0.2, 0.25) is 0 Å². The van der Waals surface area contributed by atoms with Gasteiger partial charge in [0.25, 0.3) is 0 Å². The van der Waals surface area contributed by atoms with Crippen molar-refractivity contribution in [2.45, 2.75) is 91.6 Å². The van der Waals surface area contributed by atoms with Crippen LogP contribution in [0.1, 0.15) is 72.4 Å². The van der Waals surface area contributed by atoms with E-state index in [1.807, 2.05) is 102 Å². The number of hydrogen-bond donors (Lipinski definition) is 3. The van der Waals surface area contributed by atoms with Gasteiger partial charge in [-0.25, -0.2) is 14.4 Å². The predicted molar refractivity (Wildman–Crippen MR) is 190 cm³/mol. The first-order valence-electron chi connectivity index (χ1n) is 17.2. The maximum atomic E-state index is 12.4. The average molecular weight is 695 g/mol. The standard InChI is InChI=1S/C20H30N2O4.C18H24N2O4/c1-5-25-18(23)16-11-12-22(19(24)26-20(2,3)4)14-17(16)21-13-15-9-7-6-8-10-15;1-18(2,3)24-17(23)20-10-9-14(16(21)22)15(12-20)19-11-13-7-5-4-6-8-13/h6-10,16-17,21H,5,11-14H2,1-4H3;4-8,19H,9-12H2,1-3H3,(H,21,22). The Kier molecular flexibility index (Phi) is 14.7. The molecule has 2 aliphatic rings. The molecule has 1 saturated heterocycles. The third kappa shape index (κ3) is 13.4. The summed E-state index contributed by atoms with van der Waals surface area (Å²) in [6.07, 6.45) is 0.0910. The monoisotopic (exact) mass is 694 g/mol. The van der Waals surface area contributed by atoms with Crippen molar-refractivity contribution in [1.29, 1.82) is 0 Å². The van der Waals surface area contributed by atoms with E-state index in [1.54, 1.807) is 11.8 Å². The van der Waals surface area contributed by atoms with Crippen molar-refractivity contribution in [3.8, 4) is 0 Å². The van der Waals surface area contributed by atoms with Gasteiger partial charge in [0, 0.05) is 44.5 Å². The van der Waals surface area contributed by atoms with E-state index in [9.17, 15) is 24.3 Å². The zero-order chi connectivity index (χ0) is 36.9. The summed E-state index contributed by atoms with van der Waals surface area (Å²) >= 11 is 0. The second-order valence-corrected chi connectivity index (χ2v) is 14.3. The molecule has 0 saturated carbocycles. The number of aliphatic carboxylic acids is 1. The van der Waals surface area contributed by atoms with Gasteiger partial charge in [-0.3, -0.25) is 4.79 Å². The number of amides is 2. The number of nitrogens with one attached hydrogen (secondary N) is 2. The summed E-state index contributed by atoms with van der Waals surface area (Å²) < 4.78 is 16.1. The highest BCUT2D eigenvalue weighted by Crippen LogP contribution is 2.23. The van der Waals surface area contributed by atoms with Crippen LogP contribution in [0.3, 0.4) is 0 Å². The van der Waals surface area contributed by atoms with E-state index in [4.69, 9.17) is 14.2 Å². The van der Waals surface area contributed by atoms with Crippen LogP contribution in [-0.2, 0) is 36.9 Å². The highest BCUT2D eigenvalue weighted by molar-refractivity contribution is 5.88. The first-order chi connectivity index (χ1) is 23.6. The molecule has 4 rings (SSSR count). The van der Waals surface area contributed by atoms with Crippen LogP contribution in [0.15, 0.2) is 71.9 Å². The van der Waals surface area contributed by atoms with Crippen LogP contribution in [0, 0.1) is 5.92 Å². The third-order valence-corrected chi connectivity index (χ3v) is 7.87. The average Bonchev–Trinajstić information content (AvgIpc) is 3.06. The van der Waals surface area contributed by atoms with Crippen LogP contribution in [-0.4, -0.2) is 89.1 Å². The number of nitrogens with zero attached hydrogens (tertiary/aromatic N) is 2. The van der Waals surface area contributed by atoms with Crippen LogP contribution in [0.5, 0.6) is 0 Å². The molecule has 2 heterocycles. The molecule has 2 unspecified atom stereocenters. The zero-order valence-electron chi connectivity index (χ0n) is 30.5. The molecule has 0 spiro atoms. The highest BCUT2D eigenvalue weighted by Gasteiger charge is 2.38. The Hall–Kier alpha value is -4.58. The smallest absolute Gasteiger partial charge is 0.410 e. The summed E-state index contributed by atoms with van der Waals surface area (Å²) in [5.41, 5.74) is 1.94. The quantitative estimate of drug-likeness (QED) is 0.220. The second kappa shape index (κ2) is 18.4. The minimum atomic E-state index is -0.950. The van der Waals surface area contributed by atoms with Gasteiger partial charge >= 0.3 is 24.1 Å². The van der Waals surface area contributed by atoms with Gasteiger partial charge in [0.15, 0.2) is 0 Å². The van der Waals surface area contributed by atoms with E-state index in [0.717, 1.165) is 11.1 Å². The van der Waals surface area contributed by atoms with Crippen molar-refractivity contribution in [3.63, 3.8) is 0 Å². The van der Waals surface area contributed by atoms with Crippen LogP contribution in [0.4, 0.5) is 9.59 Å². The Labute approximate surface area is 296 Å². The Morgan fingerprint density at radius 1 is 0.800 bits per heavy atom. The molecule has 2 atom stereocenters. The highest BCUT2D eigenvalue weighted by atomic mass is 16.6. The first-order valence-corrected chi connectivity index (χ1v) is 17.2. The molecule has 3 N–H and O–H groups in total. The zero-order valence-corrected chi connectivity index (χ0v) is 30.5. The van der Waals surface area contributed by atoms with E-state index in [-0.39, 0.29) is 30.6 Å². The molecular weight excluding hydrogens is 640 g/mol. The second-order valence-electron chi connectivity index (χ2n) is 14.3. The van der Waals surface area contributed by atoms with Gasteiger partial charge in [-0.2, -0.15) is 0 Å². The van der Waals surface area contributed by atoms with Gasteiger partial charge in [0.05, 0.1) is 24.6 Å². The lowest BCUT2D eigenvalue weighted by Crippen LogP contribution is -2.55. The normalized spacial score (nSPS) is 18.0. The van der Waals surface area contributed by atoms with Crippen LogP contribution in [0.25, 0.3) is 0 Å². The maximum Gasteiger partial charge on any atom is 0.410 e. The fourth-order valence-corrected chi connectivity index (χ4v) is 5.48. The van der Waals surface area contributed by atoms with Gasteiger partial charge in [-0.1, -0.05) is 60.7 Å². The van der Waals surface area contributed by atoms with Crippen molar-refractivity contribution in [1.82, 2.24) is 20.4 Å². The molecule has 0 radical (unpaired) electrons. The number of carbonyl (C=O) groups excluding carboxylic acids is 3. The van der Waals surface area contributed by atoms with Crippen LogP contribution >= 0.6 is 0 Å². The summed E-state index contributed by atoms with van der Waals surface area (Å²) in [7, 11) is 0. The molecular formula is C38H54N4O8. The molecule has 0 aromatic heterocycles. The maximum absolute atomic E-state index is 12.4. The van der Waals surface area contributed by atoms with Gasteiger partial charge < -0.3 is 39.8 Å². The molecule has 12 heteroatoms. The van der Waals surface area contributed by atoms with Crippen LogP contribution < -0.4 is 10.6 Å².